The van der Waals surface area contributed by atoms with Crippen LogP contribution in [0.1, 0.15) is 11.1 Å². The summed E-state index contributed by atoms with van der Waals surface area (Å²) in [6, 6.07) is 21.5. The van der Waals surface area contributed by atoms with Crippen LogP contribution in [0.3, 0.4) is 0 Å². The van der Waals surface area contributed by atoms with Crippen LogP contribution in [0.4, 0.5) is 5.69 Å². The number of carbonyl (C=O) groups is 2. The van der Waals surface area contributed by atoms with E-state index in [2.05, 4.69) is 15.8 Å². The van der Waals surface area contributed by atoms with Gasteiger partial charge < -0.3 is 10.1 Å². The molecule has 0 saturated heterocycles. The zero-order chi connectivity index (χ0) is 21.3. The van der Waals surface area contributed by atoms with Crippen molar-refractivity contribution in [3.63, 3.8) is 0 Å². The first-order valence-electron chi connectivity index (χ1n) is 8.87. The number of halogens is 2. The fourth-order valence-corrected chi connectivity index (χ4v) is 2.75. The number of hydrazone groups is 1. The molecule has 0 saturated carbocycles. The Bertz CT molecular complexity index is 1070. The van der Waals surface area contributed by atoms with Crippen LogP contribution in [0.2, 0.25) is 10.0 Å². The largest absolute Gasteiger partial charge is 0.489 e. The van der Waals surface area contributed by atoms with E-state index in [0.29, 0.717) is 22.9 Å². The first-order valence-corrected chi connectivity index (χ1v) is 9.63. The van der Waals surface area contributed by atoms with Crippen molar-refractivity contribution < 1.29 is 14.3 Å². The van der Waals surface area contributed by atoms with E-state index in [1.807, 2.05) is 36.4 Å². The lowest BCUT2D eigenvalue weighted by molar-refractivity contribution is -0.136. The van der Waals surface area contributed by atoms with Gasteiger partial charge in [0.1, 0.15) is 12.4 Å². The number of nitrogens with zero attached hydrogens (tertiary/aromatic N) is 1. The van der Waals surface area contributed by atoms with Gasteiger partial charge in [0.15, 0.2) is 0 Å². The van der Waals surface area contributed by atoms with Crippen molar-refractivity contribution >= 4 is 46.9 Å². The minimum Gasteiger partial charge on any atom is -0.489 e. The lowest BCUT2D eigenvalue weighted by Crippen LogP contribution is -2.32. The number of anilines is 1. The SMILES string of the molecule is O=C(N/N=C/c1cccc(OCc2ccccc2)c1)C(=O)Nc1cc(Cl)ccc1Cl. The average molecular weight is 442 g/mol. The van der Waals surface area contributed by atoms with Gasteiger partial charge in [0.05, 0.1) is 16.9 Å². The first kappa shape index (κ1) is 21.4. The van der Waals surface area contributed by atoms with Gasteiger partial charge in [-0.05, 0) is 41.5 Å². The summed E-state index contributed by atoms with van der Waals surface area (Å²) in [5.41, 5.74) is 4.14. The van der Waals surface area contributed by atoms with E-state index in [0.717, 1.165) is 5.56 Å². The van der Waals surface area contributed by atoms with Gasteiger partial charge >= 0.3 is 11.8 Å². The Labute approximate surface area is 183 Å². The van der Waals surface area contributed by atoms with Crippen molar-refractivity contribution in [2.75, 3.05) is 5.32 Å². The number of rotatable bonds is 6. The summed E-state index contributed by atoms with van der Waals surface area (Å²) < 4.78 is 5.75. The van der Waals surface area contributed by atoms with Crippen molar-refractivity contribution in [2.45, 2.75) is 6.61 Å². The van der Waals surface area contributed by atoms with Gasteiger partial charge in [-0.25, -0.2) is 5.43 Å². The highest BCUT2D eigenvalue weighted by molar-refractivity contribution is 6.42. The Hall–Kier alpha value is -3.35. The summed E-state index contributed by atoms with van der Waals surface area (Å²) in [4.78, 5) is 23.9. The number of hydrogen-bond acceptors (Lipinski definition) is 4. The molecule has 0 unspecified atom stereocenters. The second-order valence-electron chi connectivity index (χ2n) is 6.12. The molecular weight excluding hydrogens is 425 g/mol. The molecular formula is C22H17Cl2N3O3. The van der Waals surface area contributed by atoms with E-state index < -0.39 is 11.8 Å². The van der Waals surface area contributed by atoms with Crippen LogP contribution in [0, 0.1) is 0 Å². The standard InChI is InChI=1S/C22H17Cl2N3O3/c23-17-9-10-19(24)20(12-17)26-21(28)22(29)27-25-13-16-7-4-8-18(11-16)30-14-15-5-2-1-3-6-15/h1-13H,14H2,(H,26,28)(H,27,29)/b25-13+. The summed E-state index contributed by atoms with van der Waals surface area (Å²) in [6.45, 7) is 0.435. The molecule has 2 N–H and O–H groups in total. The van der Waals surface area contributed by atoms with Crippen LogP contribution in [-0.4, -0.2) is 18.0 Å². The van der Waals surface area contributed by atoms with Gasteiger partial charge in [0, 0.05) is 5.02 Å². The van der Waals surface area contributed by atoms with Crippen molar-refractivity contribution in [3.05, 3.63) is 94.0 Å². The van der Waals surface area contributed by atoms with Gasteiger partial charge in [-0.3, -0.25) is 9.59 Å². The third-order valence-corrected chi connectivity index (χ3v) is 4.43. The van der Waals surface area contributed by atoms with Gasteiger partial charge in [-0.15, -0.1) is 0 Å². The molecule has 0 fully saturated rings. The van der Waals surface area contributed by atoms with Gasteiger partial charge in [-0.1, -0.05) is 65.7 Å². The maximum atomic E-state index is 12.0. The first-order chi connectivity index (χ1) is 14.5. The zero-order valence-electron chi connectivity index (χ0n) is 15.6. The maximum Gasteiger partial charge on any atom is 0.329 e. The van der Waals surface area contributed by atoms with Crippen LogP contribution in [0.25, 0.3) is 0 Å². The molecule has 3 aromatic carbocycles. The summed E-state index contributed by atoms with van der Waals surface area (Å²) in [7, 11) is 0. The predicted molar refractivity (Wildman–Crippen MR) is 118 cm³/mol. The number of nitrogens with one attached hydrogen (secondary N) is 2. The maximum absolute atomic E-state index is 12.0. The fourth-order valence-electron chi connectivity index (χ4n) is 2.41. The molecule has 2 amide bonds. The highest BCUT2D eigenvalue weighted by atomic mass is 35.5. The highest BCUT2D eigenvalue weighted by Gasteiger charge is 2.14. The highest BCUT2D eigenvalue weighted by Crippen LogP contribution is 2.25. The Kier molecular flexibility index (Phi) is 7.43. The Morgan fingerprint density at radius 1 is 0.933 bits per heavy atom. The summed E-state index contributed by atoms with van der Waals surface area (Å²) >= 11 is 11.8. The third kappa shape index (κ3) is 6.34. The molecule has 0 heterocycles. The smallest absolute Gasteiger partial charge is 0.329 e. The van der Waals surface area contributed by atoms with Crippen LogP contribution in [0.15, 0.2) is 77.9 Å². The summed E-state index contributed by atoms with van der Waals surface area (Å²) in [5, 5.41) is 6.82. The molecule has 30 heavy (non-hydrogen) atoms. The molecule has 0 aromatic heterocycles. The van der Waals surface area contributed by atoms with E-state index >= 15 is 0 Å². The van der Waals surface area contributed by atoms with Crippen LogP contribution in [-0.2, 0) is 16.2 Å². The predicted octanol–water partition coefficient (Wildman–Crippen LogP) is 4.66. The summed E-state index contributed by atoms with van der Waals surface area (Å²) in [5.74, 6) is -1.21. The molecule has 0 spiro atoms. The van der Waals surface area contributed by atoms with Crippen LogP contribution in [0.5, 0.6) is 5.75 Å². The number of ether oxygens (including phenoxy) is 1. The van der Waals surface area contributed by atoms with Gasteiger partial charge in [-0.2, -0.15) is 5.10 Å². The molecule has 8 heteroatoms. The zero-order valence-corrected chi connectivity index (χ0v) is 17.2. The van der Waals surface area contributed by atoms with Crippen molar-refractivity contribution in [1.29, 1.82) is 0 Å². The minimum atomic E-state index is -0.946. The molecule has 152 valence electrons. The van der Waals surface area contributed by atoms with E-state index in [9.17, 15) is 9.59 Å². The lowest BCUT2D eigenvalue weighted by Gasteiger charge is -2.07. The Balaban J connectivity index is 1.53. The van der Waals surface area contributed by atoms with Gasteiger partial charge in [0.25, 0.3) is 0 Å². The van der Waals surface area contributed by atoms with Crippen molar-refractivity contribution in [1.82, 2.24) is 5.43 Å². The number of hydrogen-bond donors (Lipinski definition) is 2. The molecule has 0 aliphatic rings. The molecule has 0 radical (unpaired) electrons. The van der Waals surface area contributed by atoms with E-state index in [1.165, 1.54) is 18.3 Å². The summed E-state index contributed by atoms with van der Waals surface area (Å²) in [6.07, 6.45) is 1.41. The second kappa shape index (κ2) is 10.4. The van der Waals surface area contributed by atoms with Crippen molar-refractivity contribution in [2.24, 2.45) is 5.10 Å². The molecule has 0 atom stereocenters. The van der Waals surface area contributed by atoms with E-state index in [4.69, 9.17) is 27.9 Å². The number of benzene rings is 3. The van der Waals surface area contributed by atoms with Crippen molar-refractivity contribution in [3.8, 4) is 5.75 Å². The molecule has 0 bridgehead atoms. The normalized spacial score (nSPS) is 10.6. The molecule has 0 aliphatic carbocycles. The molecule has 3 rings (SSSR count). The minimum absolute atomic E-state index is 0.233. The number of amides is 2. The Morgan fingerprint density at radius 3 is 2.53 bits per heavy atom. The lowest BCUT2D eigenvalue weighted by atomic mass is 10.2. The quantitative estimate of drug-likeness (QED) is 0.331. The fraction of sp³-hybridized carbons (Fsp3) is 0.0455. The molecule has 0 aliphatic heterocycles. The number of carbonyl (C=O) groups excluding carboxylic acids is 2. The average Bonchev–Trinajstić information content (AvgIpc) is 2.76. The molecule has 3 aromatic rings. The topological polar surface area (TPSA) is 79.8 Å². The van der Waals surface area contributed by atoms with Crippen LogP contribution < -0.4 is 15.5 Å². The van der Waals surface area contributed by atoms with Gasteiger partial charge in [0.2, 0.25) is 0 Å². The Morgan fingerprint density at radius 2 is 1.73 bits per heavy atom. The second-order valence-corrected chi connectivity index (χ2v) is 6.97. The van der Waals surface area contributed by atoms with E-state index in [-0.39, 0.29) is 10.7 Å². The van der Waals surface area contributed by atoms with Crippen LogP contribution >= 0.6 is 23.2 Å². The van der Waals surface area contributed by atoms with E-state index in [1.54, 1.807) is 24.3 Å². The monoisotopic (exact) mass is 441 g/mol. The molecule has 6 nitrogen and oxygen atoms in total. The third-order valence-electron chi connectivity index (χ3n) is 3.87.